The van der Waals surface area contributed by atoms with Gasteiger partial charge in [-0.3, -0.25) is 4.79 Å². The smallest absolute Gasteiger partial charge is 0.276 e. The molecule has 1 aliphatic rings. The third-order valence-corrected chi connectivity index (χ3v) is 4.11. The molecule has 6 nitrogen and oxygen atoms in total. The molecule has 0 saturated carbocycles. The van der Waals surface area contributed by atoms with Crippen molar-refractivity contribution in [2.75, 3.05) is 13.1 Å². The van der Waals surface area contributed by atoms with E-state index in [1.165, 1.54) is 0 Å². The standard InChI is InChI=1S/C14H19N5O/c1-14(2)9-19(6-3-10(14)15)13(20)11-12-17-5-8-18(12)7-4-16-11/h4-5,7-8,10H,3,6,9,15H2,1-2H3. The molecule has 2 aromatic rings. The highest BCUT2D eigenvalue weighted by atomic mass is 16.2. The molecule has 1 atom stereocenters. The highest BCUT2D eigenvalue weighted by Gasteiger charge is 2.36. The second-order valence-corrected chi connectivity index (χ2v) is 6.04. The van der Waals surface area contributed by atoms with Crippen LogP contribution in [0.15, 0.2) is 24.8 Å². The quantitative estimate of drug-likeness (QED) is 0.838. The molecule has 1 fully saturated rings. The van der Waals surface area contributed by atoms with E-state index in [2.05, 4.69) is 23.8 Å². The van der Waals surface area contributed by atoms with Crippen molar-refractivity contribution >= 4 is 11.6 Å². The lowest BCUT2D eigenvalue weighted by atomic mass is 9.79. The van der Waals surface area contributed by atoms with Crippen molar-refractivity contribution in [1.29, 1.82) is 0 Å². The van der Waals surface area contributed by atoms with Crippen molar-refractivity contribution in [3.63, 3.8) is 0 Å². The molecule has 2 aromatic heterocycles. The molecular weight excluding hydrogens is 254 g/mol. The fraction of sp³-hybridized carbons (Fsp3) is 0.500. The van der Waals surface area contributed by atoms with Gasteiger partial charge in [0.05, 0.1) is 0 Å². The number of likely N-dealkylation sites (tertiary alicyclic amines) is 1. The number of amides is 1. The topological polar surface area (TPSA) is 76.5 Å². The number of fused-ring (bicyclic) bond motifs is 1. The average Bonchev–Trinajstić information content (AvgIpc) is 2.89. The summed E-state index contributed by atoms with van der Waals surface area (Å²) in [5.74, 6) is -0.0678. The number of carbonyl (C=O) groups excluding carboxylic acids is 1. The number of rotatable bonds is 1. The number of hydrogen-bond acceptors (Lipinski definition) is 4. The zero-order chi connectivity index (χ0) is 14.3. The van der Waals surface area contributed by atoms with Gasteiger partial charge in [0.15, 0.2) is 11.3 Å². The van der Waals surface area contributed by atoms with E-state index in [9.17, 15) is 4.79 Å². The Kier molecular flexibility index (Phi) is 2.97. The molecule has 106 valence electrons. The molecule has 2 N–H and O–H groups in total. The lowest BCUT2D eigenvalue weighted by molar-refractivity contribution is 0.0529. The zero-order valence-electron chi connectivity index (χ0n) is 11.8. The van der Waals surface area contributed by atoms with E-state index in [-0.39, 0.29) is 17.4 Å². The molecular formula is C14H19N5O. The third-order valence-electron chi connectivity index (χ3n) is 4.11. The zero-order valence-corrected chi connectivity index (χ0v) is 11.8. The Bertz CT molecular complexity index is 648. The van der Waals surface area contributed by atoms with Gasteiger partial charge in [0.2, 0.25) is 0 Å². The van der Waals surface area contributed by atoms with Crippen LogP contribution in [0.3, 0.4) is 0 Å². The number of piperidine rings is 1. The summed E-state index contributed by atoms with van der Waals surface area (Å²) in [6.45, 7) is 5.52. The summed E-state index contributed by atoms with van der Waals surface area (Å²) in [6, 6.07) is 0.127. The molecule has 0 radical (unpaired) electrons. The number of hydrogen-bond donors (Lipinski definition) is 1. The molecule has 3 rings (SSSR count). The molecule has 0 aliphatic carbocycles. The first-order chi connectivity index (χ1) is 9.49. The van der Waals surface area contributed by atoms with Gasteiger partial charge in [-0.15, -0.1) is 0 Å². The van der Waals surface area contributed by atoms with Crippen LogP contribution in [0, 0.1) is 5.41 Å². The normalized spacial score (nSPS) is 22.1. The van der Waals surface area contributed by atoms with Crippen molar-refractivity contribution in [2.45, 2.75) is 26.3 Å². The van der Waals surface area contributed by atoms with E-state index in [0.717, 1.165) is 6.42 Å². The Morgan fingerprint density at radius 1 is 1.35 bits per heavy atom. The predicted molar refractivity (Wildman–Crippen MR) is 75.3 cm³/mol. The molecule has 6 heteroatoms. The Hall–Kier alpha value is -1.95. The third kappa shape index (κ3) is 2.06. The van der Waals surface area contributed by atoms with Crippen molar-refractivity contribution in [3.8, 4) is 0 Å². The van der Waals surface area contributed by atoms with Crippen LogP contribution < -0.4 is 5.73 Å². The van der Waals surface area contributed by atoms with Gasteiger partial charge in [0.25, 0.3) is 5.91 Å². The van der Waals surface area contributed by atoms with Crippen LogP contribution in [-0.4, -0.2) is 44.3 Å². The minimum Gasteiger partial charge on any atom is -0.337 e. The molecule has 1 amide bonds. The number of aromatic nitrogens is 3. The lowest BCUT2D eigenvalue weighted by Crippen LogP contribution is -2.54. The molecule has 0 spiro atoms. The van der Waals surface area contributed by atoms with Gasteiger partial charge >= 0.3 is 0 Å². The van der Waals surface area contributed by atoms with Crippen molar-refractivity contribution in [2.24, 2.45) is 11.1 Å². The van der Waals surface area contributed by atoms with E-state index in [1.54, 1.807) is 23.0 Å². The number of nitrogens with zero attached hydrogens (tertiary/aromatic N) is 4. The summed E-state index contributed by atoms with van der Waals surface area (Å²) >= 11 is 0. The van der Waals surface area contributed by atoms with Crippen molar-refractivity contribution in [1.82, 2.24) is 19.3 Å². The molecule has 1 unspecified atom stereocenters. The maximum atomic E-state index is 12.7. The van der Waals surface area contributed by atoms with Gasteiger partial charge < -0.3 is 15.0 Å². The van der Waals surface area contributed by atoms with Crippen LogP contribution in [0.25, 0.3) is 5.65 Å². The summed E-state index contributed by atoms with van der Waals surface area (Å²) in [7, 11) is 0. The second kappa shape index (κ2) is 4.56. The van der Waals surface area contributed by atoms with E-state index in [1.807, 2.05) is 11.1 Å². The summed E-state index contributed by atoms with van der Waals surface area (Å²) in [5, 5.41) is 0. The Labute approximate surface area is 117 Å². The van der Waals surface area contributed by atoms with Gasteiger partial charge in [-0.2, -0.15) is 0 Å². The first-order valence-electron chi connectivity index (χ1n) is 6.81. The molecule has 1 saturated heterocycles. The van der Waals surface area contributed by atoms with Crippen LogP contribution in [0.1, 0.15) is 30.8 Å². The fourth-order valence-corrected chi connectivity index (χ4v) is 2.70. The highest BCUT2D eigenvalue weighted by Crippen LogP contribution is 2.28. The maximum Gasteiger partial charge on any atom is 0.276 e. The van der Waals surface area contributed by atoms with Crippen LogP contribution in [-0.2, 0) is 0 Å². The number of carbonyl (C=O) groups is 1. The SMILES string of the molecule is CC1(C)CN(C(=O)c2nccn3ccnc23)CCC1N. The second-order valence-electron chi connectivity index (χ2n) is 6.04. The van der Waals surface area contributed by atoms with Crippen molar-refractivity contribution in [3.05, 3.63) is 30.5 Å². The van der Waals surface area contributed by atoms with Crippen LogP contribution >= 0.6 is 0 Å². The minimum atomic E-state index is -0.0750. The molecule has 0 aromatic carbocycles. The van der Waals surface area contributed by atoms with Gasteiger partial charge in [0, 0.05) is 43.9 Å². The van der Waals surface area contributed by atoms with Gasteiger partial charge in [-0.05, 0) is 11.8 Å². The number of nitrogens with two attached hydrogens (primary N) is 1. The van der Waals surface area contributed by atoms with E-state index in [4.69, 9.17) is 5.73 Å². The first-order valence-corrected chi connectivity index (χ1v) is 6.81. The van der Waals surface area contributed by atoms with E-state index in [0.29, 0.717) is 24.4 Å². The summed E-state index contributed by atoms with van der Waals surface area (Å²) in [5.41, 5.74) is 7.05. The van der Waals surface area contributed by atoms with Crippen LogP contribution in [0.4, 0.5) is 0 Å². The maximum absolute atomic E-state index is 12.7. The fourth-order valence-electron chi connectivity index (χ4n) is 2.70. The van der Waals surface area contributed by atoms with Gasteiger partial charge in [0.1, 0.15) is 0 Å². The largest absolute Gasteiger partial charge is 0.337 e. The monoisotopic (exact) mass is 273 g/mol. The summed E-state index contributed by atoms with van der Waals surface area (Å²) in [4.78, 5) is 22.9. The van der Waals surface area contributed by atoms with E-state index >= 15 is 0 Å². The minimum absolute atomic E-state index is 0.0678. The molecule has 0 bridgehead atoms. The summed E-state index contributed by atoms with van der Waals surface area (Å²) in [6.07, 6.45) is 7.71. The Morgan fingerprint density at radius 2 is 2.05 bits per heavy atom. The number of imidazole rings is 1. The van der Waals surface area contributed by atoms with E-state index < -0.39 is 0 Å². The Morgan fingerprint density at radius 3 is 2.75 bits per heavy atom. The predicted octanol–water partition coefficient (Wildman–Crippen LogP) is 0.929. The van der Waals surface area contributed by atoms with Gasteiger partial charge in [-0.25, -0.2) is 9.97 Å². The first kappa shape index (κ1) is 13.1. The Balaban J connectivity index is 1.91. The average molecular weight is 273 g/mol. The van der Waals surface area contributed by atoms with Crippen LogP contribution in [0.5, 0.6) is 0 Å². The molecule has 20 heavy (non-hydrogen) atoms. The van der Waals surface area contributed by atoms with Crippen molar-refractivity contribution < 1.29 is 4.79 Å². The van der Waals surface area contributed by atoms with Crippen LogP contribution in [0.2, 0.25) is 0 Å². The van der Waals surface area contributed by atoms with Gasteiger partial charge in [-0.1, -0.05) is 13.8 Å². The molecule has 1 aliphatic heterocycles. The highest BCUT2D eigenvalue weighted by molar-refractivity contribution is 5.97. The lowest BCUT2D eigenvalue weighted by Gasteiger charge is -2.42. The summed E-state index contributed by atoms with van der Waals surface area (Å²) < 4.78 is 1.81. The molecule has 3 heterocycles.